The minimum Gasteiger partial charge on any atom is -0.354 e. The van der Waals surface area contributed by atoms with Gasteiger partial charge in [0.05, 0.1) is 17.0 Å². The predicted molar refractivity (Wildman–Crippen MR) is 115 cm³/mol. The Kier molecular flexibility index (Phi) is 10.8. The summed E-state index contributed by atoms with van der Waals surface area (Å²) in [4.78, 5) is 31.3. The van der Waals surface area contributed by atoms with Crippen molar-refractivity contribution in [3.8, 4) is 0 Å². The number of anilines is 1. The van der Waals surface area contributed by atoms with Crippen LogP contribution in [0, 0.1) is 0 Å². The van der Waals surface area contributed by atoms with E-state index in [1.165, 1.54) is 22.7 Å². The Hall–Kier alpha value is -1.23. The number of rotatable bonds is 7. The molecule has 0 aliphatic carbocycles. The van der Waals surface area contributed by atoms with Crippen LogP contribution in [0.15, 0.2) is 22.9 Å². The number of amides is 2. The lowest BCUT2D eigenvalue weighted by Crippen LogP contribution is -2.46. The highest BCUT2D eigenvalue weighted by Crippen LogP contribution is 2.18. The topological polar surface area (TPSA) is 86.4 Å². The lowest BCUT2D eigenvalue weighted by atomic mass is 10.3. The summed E-state index contributed by atoms with van der Waals surface area (Å²) in [5.41, 5.74) is 0.672. The molecule has 2 amide bonds. The molecule has 0 bridgehead atoms. The van der Waals surface area contributed by atoms with Crippen molar-refractivity contribution < 1.29 is 9.59 Å². The Bertz CT molecular complexity index is 705. The fourth-order valence-corrected chi connectivity index (χ4v) is 3.85. The van der Waals surface area contributed by atoms with E-state index in [4.69, 9.17) is 0 Å². The van der Waals surface area contributed by atoms with Crippen LogP contribution in [0.1, 0.15) is 15.4 Å². The molecule has 150 valence electrons. The van der Waals surface area contributed by atoms with Crippen LogP contribution >= 0.6 is 47.5 Å². The highest BCUT2D eigenvalue weighted by Gasteiger charge is 2.13. The van der Waals surface area contributed by atoms with Crippen molar-refractivity contribution in [2.45, 2.75) is 6.42 Å². The van der Waals surface area contributed by atoms with Crippen molar-refractivity contribution in [2.24, 2.45) is 0 Å². The lowest BCUT2D eigenvalue weighted by molar-refractivity contribution is -0.120. The molecule has 7 nitrogen and oxygen atoms in total. The normalized spacial score (nSPS) is 13.9. The molecule has 1 aliphatic heterocycles. The van der Waals surface area contributed by atoms with Crippen molar-refractivity contribution in [2.75, 3.05) is 44.6 Å². The first-order valence-electron chi connectivity index (χ1n) is 8.20. The van der Waals surface area contributed by atoms with E-state index in [1.54, 1.807) is 11.4 Å². The summed E-state index contributed by atoms with van der Waals surface area (Å²) in [6, 6.07) is 3.60. The average molecular weight is 452 g/mol. The van der Waals surface area contributed by atoms with Crippen LogP contribution in [-0.4, -0.2) is 61.0 Å². The van der Waals surface area contributed by atoms with E-state index in [0.717, 1.165) is 32.7 Å². The molecule has 0 unspecified atom stereocenters. The Labute approximate surface area is 178 Å². The standard InChI is InChI=1S/C16H21N5O2S2.2ClH/c22-14(18-5-8-21-6-3-17-4-7-21)10-12-11-25-16(19-12)20-15(23)13-2-1-9-24-13;;/h1-2,9,11,17H,3-8,10H2,(H,18,22)(H,19,20,23);2*1H. The van der Waals surface area contributed by atoms with E-state index in [1.807, 2.05) is 11.4 Å². The maximum Gasteiger partial charge on any atom is 0.267 e. The number of piperazine rings is 1. The Morgan fingerprint density at radius 3 is 2.70 bits per heavy atom. The number of carbonyl (C=O) groups excluding carboxylic acids is 2. The highest BCUT2D eigenvalue weighted by molar-refractivity contribution is 7.14. The Morgan fingerprint density at radius 1 is 1.22 bits per heavy atom. The molecule has 0 saturated carbocycles. The number of thiophene rings is 1. The predicted octanol–water partition coefficient (Wildman–Crippen LogP) is 1.86. The third-order valence-electron chi connectivity index (χ3n) is 3.82. The number of thiazole rings is 1. The first-order chi connectivity index (χ1) is 12.2. The molecule has 27 heavy (non-hydrogen) atoms. The van der Waals surface area contributed by atoms with E-state index in [-0.39, 0.29) is 43.0 Å². The van der Waals surface area contributed by atoms with Crippen LogP contribution in [0.3, 0.4) is 0 Å². The third-order valence-corrected chi connectivity index (χ3v) is 5.49. The minimum atomic E-state index is -0.170. The molecule has 2 aromatic heterocycles. The van der Waals surface area contributed by atoms with Gasteiger partial charge in [0.15, 0.2) is 5.13 Å². The number of carbonyl (C=O) groups is 2. The van der Waals surface area contributed by atoms with Crippen LogP contribution in [0.4, 0.5) is 5.13 Å². The van der Waals surface area contributed by atoms with E-state index >= 15 is 0 Å². The first-order valence-corrected chi connectivity index (χ1v) is 9.95. The Morgan fingerprint density at radius 2 is 2.00 bits per heavy atom. The van der Waals surface area contributed by atoms with Gasteiger partial charge in [-0.2, -0.15) is 0 Å². The summed E-state index contributed by atoms with van der Waals surface area (Å²) in [7, 11) is 0. The highest BCUT2D eigenvalue weighted by atomic mass is 35.5. The van der Waals surface area contributed by atoms with Gasteiger partial charge in [0.1, 0.15) is 0 Å². The van der Waals surface area contributed by atoms with Gasteiger partial charge in [0, 0.05) is 44.6 Å². The van der Waals surface area contributed by atoms with Gasteiger partial charge in [0.2, 0.25) is 5.91 Å². The molecule has 3 heterocycles. The molecule has 0 atom stereocenters. The van der Waals surface area contributed by atoms with Gasteiger partial charge in [-0.15, -0.1) is 47.5 Å². The largest absolute Gasteiger partial charge is 0.354 e. The van der Waals surface area contributed by atoms with Gasteiger partial charge in [-0.3, -0.25) is 19.8 Å². The molecule has 11 heteroatoms. The molecule has 0 radical (unpaired) electrons. The van der Waals surface area contributed by atoms with Gasteiger partial charge in [-0.25, -0.2) is 4.98 Å². The smallest absolute Gasteiger partial charge is 0.267 e. The second-order valence-electron chi connectivity index (χ2n) is 5.69. The van der Waals surface area contributed by atoms with E-state index in [0.29, 0.717) is 22.2 Å². The summed E-state index contributed by atoms with van der Waals surface area (Å²) in [6.45, 7) is 5.57. The van der Waals surface area contributed by atoms with Gasteiger partial charge >= 0.3 is 0 Å². The van der Waals surface area contributed by atoms with E-state index < -0.39 is 0 Å². The second kappa shape index (κ2) is 12.3. The van der Waals surface area contributed by atoms with Crippen LogP contribution < -0.4 is 16.0 Å². The zero-order chi connectivity index (χ0) is 17.5. The van der Waals surface area contributed by atoms with Crippen molar-refractivity contribution >= 4 is 64.4 Å². The molecular weight excluding hydrogens is 429 g/mol. The zero-order valence-electron chi connectivity index (χ0n) is 14.6. The number of nitrogens with one attached hydrogen (secondary N) is 3. The van der Waals surface area contributed by atoms with Crippen LogP contribution in [0.5, 0.6) is 0 Å². The Balaban J connectivity index is 0.00000182. The molecule has 1 aliphatic rings. The summed E-state index contributed by atoms with van der Waals surface area (Å²) in [5.74, 6) is -0.215. The zero-order valence-corrected chi connectivity index (χ0v) is 17.9. The number of hydrogen-bond acceptors (Lipinski definition) is 7. The lowest BCUT2D eigenvalue weighted by Gasteiger charge is -2.27. The van der Waals surface area contributed by atoms with Gasteiger partial charge in [-0.1, -0.05) is 6.07 Å². The molecule has 1 fully saturated rings. The fraction of sp³-hybridized carbons (Fsp3) is 0.438. The molecule has 0 spiro atoms. The van der Waals surface area contributed by atoms with Crippen LogP contribution in [0.25, 0.3) is 0 Å². The van der Waals surface area contributed by atoms with E-state index in [9.17, 15) is 9.59 Å². The number of hydrogen-bond donors (Lipinski definition) is 3. The summed E-state index contributed by atoms with van der Waals surface area (Å²) < 4.78 is 0. The molecular formula is C16H23Cl2N5O2S2. The maximum atomic E-state index is 12.0. The average Bonchev–Trinajstić information content (AvgIpc) is 3.28. The molecule has 0 aromatic carbocycles. The monoisotopic (exact) mass is 451 g/mol. The second-order valence-corrected chi connectivity index (χ2v) is 7.50. The van der Waals surface area contributed by atoms with Crippen molar-refractivity contribution in [3.63, 3.8) is 0 Å². The summed E-state index contributed by atoms with van der Waals surface area (Å²) in [6.07, 6.45) is 0.229. The van der Waals surface area contributed by atoms with E-state index in [2.05, 4.69) is 25.8 Å². The van der Waals surface area contributed by atoms with Crippen molar-refractivity contribution in [1.29, 1.82) is 0 Å². The first kappa shape index (κ1) is 23.8. The van der Waals surface area contributed by atoms with Gasteiger partial charge in [0.25, 0.3) is 5.91 Å². The summed E-state index contributed by atoms with van der Waals surface area (Å²) >= 11 is 2.71. The minimum absolute atomic E-state index is 0. The fourth-order valence-electron chi connectivity index (χ4n) is 2.53. The third kappa shape index (κ3) is 7.73. The van der Waals surface area contributed by atoms with Gasteiger partial charge < -0.3 is 10.6 Å². The number of halogens is 2. The molecule has 3 N–H and O–H groups in total. The summed E-state index contributed by atoms with van der Waals surface area (Å²) in [5, 5.41) is 13.2. The molecule has 2 aromatic rings. The van der Waals surface area contributed by atoms with Crippen LogP contribution in [-0.2, 0) is 11.2 Å². The van der Waals surface area contributed by atoms with Gasteiger partial charge in [-0.05, 0) is 11.4 Å². The SMILES string of the molecule is Cl.Cl.O=C(Cc1csc(NC(=O)c2cccs2)n1)NCCN1CCNCC1. The van der Waals surface area contributed by atoms with Crippen molar-refractivity contribution in [1.82, 2.24) is 20.5 Å². The number of aromatic nitrogens is 1. The molecule has 1 saturated heterocycles. The quantitative estimate of drug-likeness (QED) is 0.597. The number of nitrogens with zero attached hydrogens (tertiary/aromatic N) is 2. The molecule has 3 rings (SSSR count). The maximum absolute atomic E-state index is 12.0. The van der Waals surface area contributed by atoms with Crippen molar-refractivity contribution in [3.05, 3.63) is 33.5 Å². The van der Waals surface area contributed by atoms with Crippen LogP contribution in [0.2, 0.25) is 0 Å².